The van der Waals surface area contributed by atoms with Gasteiger partial charge in [-0.2, -0.15) is 0 Å². The van der Waals surface area contributed by atoms with Crippen LogP contribution in [-0.2, 0) is 16.0 Å². The van der Waals surface area contributed by atoms with Crippen LogP contribution in [0.25, 0.3) is 0 Å². The van der Waals surface area contributed by atoms with Crippen LogP contribution in [0.1, 0.15) is 24.8 Å². The second-order valence-corrected chi connectivity index (χ2v) is 5.18. The van der Waals surface area contributed by atoms with Crippen molar-refractivity contribution in [3.05, 3.63) is 29.8 Å². The molecule has 5 heteroatoms. The van der Waals surface area contributed by atoms with Crippen LogP contribution in [-0.4, -0.2) is 37.1 Å². The number of anilines is 1. The van der Waals surface area contributed by atoms with Gasteiger partial charge in [-0.05, 0) is 37.0 Å². The number of ether oxygens (including phenoxy) is 1. The Hall–Kier alpha value is -1.26. The van der Waals surface area contributed by atoms with Crippen LogP contribution < -0.4 is 5.73 Å². The first-order chi connectivity index (χ1) is 9.15. The second-order valence-electron chi connectivity index (χ2n) is 5.18. The zero-order valence-corrected chi connectivity index (χ0v) is 12.7. The Labute approximate surface area is 126 Å². The summed E-state index contributed by atoms with van der Waals surface area (Å²) in [6, 6.07) is 7.45. The summed E-state index contributed by atoms with van der Waals surface area (Å²) in [4.78, 5) is 13.9. The molecule has 0 spiro atoms. The SMILES string of the molecule is CN(CC1CCCCO1)C(=O)Cc1ccc(N)cc1.Cl. The van der Waals surface area contributed by atoms with E-state index in [4.69, 9.17) is 10.5 Å². The highest BCUT2D eigenvalue weighted by molar-refractivity contribution is 5.85. The van der Waals surface area contributed by atoms with Gasteiger partial charge in [0.05, 0.1) is 12.5 Å². The molecule has 1 aromatic rings. The maximum absolute atomic E-state index is 12.1. The predicted molar refractivity (Wildman–Crippen MR) is 83.0 cm³/mol. The molecule has 4 nitrogen and oxygen atoms in total. The lowest BCUT2D eigenvalue weighted by Gasteiger charge is -2.27. The van der Waals surface area contributed by atoms with Crippen molar-refractivity contribution in [1.82, 2.24) is 4.90 Å². The van der Waals surface area contributed by atoms with Gasteiger partial charge in [0.15, 0.2) is 0 Å². The van der Waals surface area contributed by atoms with E-state index in [-0.39, 0.29) is 24.4 Å². The Morgan fingerprint density at radius 3 is 2.65 bits per heavy atom. The fraction of sp³-hybridized carbons (Fsp3) is 0.533. The summed E-state index contributed by atoms with van der Waals surface area (Å²) in [7, 11) is 1.84. The Morgan fingerprint density at radius 1 is 1.35 bits per heavy atom. The average Bonchev–Trinajstić information content (AvgIpc) is 2.42. The topological polar surface area (TPSA) is 55.6 Å². The van der Waals surface area contributed by atoms with Gasteiger partial charge in [-0.25, -0.2) is 0 Å². The third-order valence-corrected chi connectivity index (χ3v) is 3.51. The minimum atomic E-state index is 0. The van der Waals surface area contributed by atoms with Gasteiger partial charge in [-0.1, -0.05) is 12.1 Å². The van der Waals surface area contributed by atoms with Crippen molar-refractivity contribution in [2.24, 2.45) is 0 Å². The highest BCUT2D eigenvalue weighted by Crippen LogP contribution is 2.14. The number of nitrogens with zero attached hydrogens (tertiary/aromatic N) is 1. The number of halogens is 1. The smallest absolute Gasteiger partial charge is 0.226 e. The van der Waals surface area contributed by atoms with Crippen LogP contribution in [0.2, 0.25) is 0 Å². The molecule has 1 aliphatic rings. The summed E-state index contributed by atoms with van der Waals surface area (Å²) < 4.78 is 5.65. The van der Waals surface area contributed by atoms with Crippen molar-refractivity contribution in [2.75, 3.05) is 25.9 Å². The maximum Gasteiger partial charge on any atom is 0.226 e. The van der Waals surface area contributed by atoms with E-state index in [9.17, 15) is 4.79 Å². The number of hydrogen-bond acceptors (Lipinski definition) is 3. The lowest BCUT2D eigenvalue weighted by molar-refractivity contribution is -0.131. The molecule has 1 fully saturated rings. The highest BCUT2D eigenvalue weighted by Gasteiger charge is 2.18. The fourth-order valence-corrected chi connectivity index (χ4v) is 2.30. The maximum atomic E-state index is 12.1. The monoisotopic (exact) mass is 298 g/mol. The summed E-state index contributed by atoms with van der Waals surface area (Å²) in [6.45, 7) is 1.51. The summed E-state index contributed by atoms with van der Waals surface area (Å²) in [5, 5.41) is 0. The largest absolute Gasteiger partial charge is 0.399 e. The summed E-state index contributed by atoms with van der Waals surface area (Å²) in [6.07, 6.45) is 4.02. The lowest BCUT2D eigenvalue weighted by atomic mass is 10.1. The first kappa shape index (κ1) is 16.8. The number of carbonyl (C=O) groups excluding carboxylic acids is 1. The first-order valence-corrected chi connectivity index (χ1v) is 6.85. The molecule has 1 unspecified atom stereocenters. The molecule has 0 saturated carbocycles. The van der Waals surface area contributed by atoms with Crippen molar-refractivity contribution < 1.29 is 9.53 Å². The molecule has 0 radical (unpaired) electrons. The van der Waals surface area contributed by atoms with Gasteiger partial charge in [0, 0.05) is 25.9 Å². The van der Waals surface area contributed by atoms with Gasteiger partial charge in [0.25, 0.3) is 0 Å². The Kier molecular flexibility index (Phi) is 6.82. The number of carbonyl (C=O) groups is 1. The van der Waals surface area contributed by atoms with Crippen LogP contribution in [0.4, 0.5) is 5.69 Å². The standard InChI is InChI=1S/C15H22N2O2.ClH/c1-17(11-14-4-2-3-9-19-14)15(18)10-12-5-7-13(16)8-6-12;/h5-8,14H,2-4,9-11,16H2,1H3;1H. The van der Waals surface area contributed by atoms with E-state index in [0.717, 1.165) is 30.7 Å². The fourth-order valence-electron chi connectivity index (χ4n) is 2.30. The molecule has 1 amide bonds. The predicted octanol–water partition coefficient (Wildman–Crippen LogP) is 2.26. The number of likely N-dealkylation sites (N-methyl/N-ethyl adjacent to an activating group) is 1. The number of hydrogen-bond donors (Lipinski definition) is 1. The van der Waals surface area contributed by atoms with Crippen LogP contribution in [0.3, 0.4) is 0 Å². The molecule has 1 aliphatic heterocycles. The Bertz CT molecular complexity index is 416. The van der Waals surface area contributed by atoms with Crippen molar-refractivity contribution in [2.45, 2.75) is 31.8 Å². The molecule has 1 atom stereocenters. The van der Waals surface area contributed by atoms with Gasteiger partial charge >= 0.3 is 0 Å². The number of nitrogen functional groups attached to an aromatic ring is 1. The molecular weight excluding hydrogens is 276 g/mol. The van der Waals surface area contributed by atoms with E-state index in [0.29, 0.717) is 13.0 Å². The molecule has 1 aromatic carbocycles. The van der Waals surface area contributed by atoms with Crippen LogP contribution in [0.15, 0.2) is 24.3 Å². The quantitative estimate of drug-likeness (QED) is 0.868. The van der Waals surface area contributed by atoms with E-state index in [1.54, 1.807) is 4.90 Å². The Balaban J connectivity index is 0.00000200. The van der Waals surface area contributed by atoms with Crippen LogP contribution >= 0.6 is 12.4 Å². The molecule has 1 saturated heterocycles. The second kappa shape index (κ2) is 8.12. The molecule has 0 aliphatic carbocycles. The van der Waals surface area contributed by atoms with Crippen LogP contribution in [0.5, 0.6) is 0 Å². The molecule has 1 heterocycles. The number of rotatable bonds is 4. The minimum absolute atomic E-state index is 0. The first-order valence-electron chi connectivity index (χ1n) is 6.85. The van der Waals surface area contributed by atoms with Gasteiger partial charge in [0.2, 0.25) is 5.91 Å². The third-order valence-electron chi connectivity index (χ3n) is 3.51. The van der Waals surface area contributed by atoms with Gasteiger partial charge in [-0.15, -0.1) is 12.4 Å². The molecule has 2 N–H and O–H groups in total. The zero-order valence-electron chi connectivity index (χ0n) is 11.9. The van der Waals surface area contributed by atoms with Crippen LogP contribution in [0, 0.1) is 0 Å². The van der Waals surface area contributed by atoms with Gasteiger partial charge in [0.1, 0.15) is 0 Å². The van der Waals surface area contributed by atoms with Gasteiger partial charge < -0.3 is 15.4 Å². The number of nitrogens with two attached hydrogens (primary N) is 1. The van der Waals surface area contributed by atoms with Gasteiger partial charge in [-0.3, -0.25) is 4.79 Å². The zero-order chi connectivity index (χ0) is 13.7. The van der Waals surface area contributed by atoms with E-state index in [1.807, 2.05) is 31.3 Å². The summed E-state index contributed by atoms with van der Waals surface area (Å²) in [5.74, 6) is 0.124. The highest BCUT2D eigenvalue weighted by atomic mass is 35.5. The molecule has 0 bridgehead atoms. The number of benzene rings is 1. The van der Waals surface area contributed by atoms with E-state index >= 15 is 0 Å². The molecular formula is C15H23ClN2O2. The molecule has 20 heavy (non-hydrogen) atoms. The van der Waals surface area contributed by atoms with Crippen molar-refractivity contribution in [3.8, 4) is 0 Å². The van der Waals surface area contributed by atoms with Crippen molar-refractivity contribution in [3.63, 3.8) is 0 Å². The molecule has 0 aromatic heterocycles. The van der Waals surface area contributed by atoms with E-state index in [2.05, 4.69) is 0 Å². The van der Waals surface area contributed by atoms with E-state index < -0.39 is 0 Å². The third kappa shape index (κ3) is 5.02. The van der Waals surface area contributed by atoms with E-state index in [1.165, 1.54) is 6.42 Å². The lowest BCUT2D eigenvalue weighted by Crippen LogP contribution is -2.37. The van der Waals surface area contributed by atoms with Crippen molar-refractivity contribution in [1.29, 1.82) is 0 Å². The minimum Gasteiger partial charge on any atom is -0.399 e. The molecule has 2 rings (SSSR count). The Morgan fingerprint density at radius 2 is 2.05 bits per heavy atom. The summed E-state index contributed by atoms with van der Waals surface area (Å²) >= 11 is 0. The summed E-state index contributed by atoms with van der Waals surface area (Å²) in [5.41, 5.74) is 7.35. The molecule has 112 valence electrons. The average molecular weight is 299 g/mol. The van der Waals surface area contributed by atoms with Crippen molar-refractivity contribution >= 4 is 24.0 Å². The number of amides is 1. The normalized spacial score (nSPS) is 18.1.